The van der Waals surface area contributed by atoms with E-state index in [-0.39, 0.29) is 6.61 Å². The van der Waals surface area contributed by atoms with Crippen molar-refractivity contribution in [2.24, 2.45) is 0 Å². The molecular formula is C7H15NO5S2. The molecule has 0 radical (unpaired) electrons. The van der Waals surface area contributed by atoms with Crippen LogP contribution in [-0.2, 0) is 19.9 Å². The smallest absolute Gasteiger partial charge is 0.213 e. The van der Waals surface area contributed by atoms with E-state index in [4.69, 9.17) is 5.11 Å². The normalized spacial score (nSPS) is 20.1. The summed E-state index contributed by atoms with van der Waals surface area (Å²) in [5, 5.41) is 8.90. The molecule has 0 heterocycles. The Kier molecular flexibility index (Phi) is 3.44. The molecule has 0 aromatic carbocycles. The van der Waals surface area contributed by atoms with Gasteiger partial charge >= 0.3 is 0 Å². The van der Waals surface area contributed by atoms with Gasteiger partial charge in [-0.25, -0.2) is 21.6 Å². The van der Waals surface area contributed by atoms with E-state index in [2.05, 4.69) is 4.72 Å². The number of sulfone groups is 1. The molecule has 0 aromatic heterocycles. The standard InChI is InChI=1S/C7H15NO5S2/c1-14(10,11)4-5-15(12,13)8-7(6-9)2-3-7/h8-9H,2-6H2,1H3. The molecule has 90 valence electrons. The number of sulfonamides is 1. The minimum atomic E-state index is -3.61. The largest absolute Gasteiger partial charge is 0.394 e. The lowest BCUT2D eigenvalue weighted by Crippen LogP contribution is -2.41. The highest BCUT2D eigenvalue weighted by molar-refractivity contribution is 7.93. The summed E-state index contributed by atoms with van der Waals surface area (Å²) < 4.78 is 46.7. The molecule has 0 aromatic rings. The van der Waals surface area contributed by atoms with E-state index in [1.165, 1.54) is 0 Å². The topological polar surface area (TPSA) is 101 Å². The van der Waals surface area contributed by atoms with Crippen molar-refractivity contribution in [1.29, 1.82) is 0 Å². The van der Waals surface area contributed by atoms with Crippen LogP contribution < -0.4 is 4.72 Å². The maximum atomic E-state index is 11.4. The number of rotatable bonds is 6. The van der Waals surface area contributed by atoms with Crippen LogP contribution in [0.15, 0.2) is 0 Å². The SMILES string of the molecule is CS(=O)(=O)CCS(=O)(=O)NC1(CO)CC1. The number of aliphatic hydroxyl groups is 1. The minimum absolute atomic E-state index is 0.245. The maximum absolute atomic E-state index is 11.4. The predicted octanol–water partition coefficient (Wildman–Crippen LogP) is -1.52. The fourth-order valence-corrected chi connectivity index (χ4v) is 4.20. The summed E-state index contributed by atoms with van der Waals surface area (Å²) in [6, 6.07) is 0. The van der Waals surface area contributed by atoms with Crippen molar-refractivity contribution in [3.63, 3.8) is 0 Å². The van der Waals surface area contributed by atoms with Crippen molar-refractivity contribution >= 4 is 19.9 Å². The molecule has 0 amide bonds. The monoisotopic (exact) mass is 257 g/mol. The second-order valence-electron chi connectivity index (χ2n) is 3.99. The summed E-state index contributed by atoms with van der Waals surface area (Å²) in [6.45, 7) is -0.245. The molecule has 2 N–H and O–H groups in total. The molecule has 0 atom stereocenters. The zero-order chi connectivity index (χ0) is 11.7. The highest BCUT2D eigenvalue weighted by atomic mass is 32.2. The fraction of sp³-hybridized carbons (Fsp3) is 1.00. The summed E-state index contributed by atoms with van der Waals surface area (Å²) in [6.07, 6.45) is 2.19. The molecule has 0 saturated heterocycles. The number of hydrogen-bond acceptors (Lipinski definition) is 5. The van der Waals surface area contributed by atoms with Gasteiger partial charge in [-0.1, -0.05) is 0 Å². The molecule has 0 spiro atoms. The first-order valence-corrected chi connectivity index (χ1v) is 8.20. The van der Waals surface area contributed by atoms with Gasteiger partial charge in [0.05, 0.1) is 23.7 Å². The van der Waals surface area contributed by atoms with E-state index in [1.54, 1.807) is 0 Å². The van der Waals surface area contributed by atoms with E-state index in [0.29, 0.717) is 12.8 Å². The third kappa shape index (κ3) is 4.45. The molecule has 1 aliphatic carbocycles. The van der Waals surface area contributed by atoms with Crippen LogP contribution in [0.25, 0.3) is 0 Å². The van der Waals surface area contributed by atoms with Gasteiger partial charge in [0.2, 0.25) is 10.0 Å². The Bertz CT molecular complexity index is 420. The molecule has 0 unspecified atom stereocenters. The van der Waals surface area contributed by atoms with Crippen LogP contribution in [0, 0.1) is 0 Å². The first-order valence-electron chi connectivity index (χ1n) is 4.48. The Morgan fingerprint density at radius 1 is 1.20 bits per heavy atom. The molecule has 0 aliphatic heterocycles. The molecular weight excluding hydrogens is 242 g/mol. The molecule has 15 heavy (non-hydrogen) atoms. The maximum Gasteiger partial charge on any atom is 0.213 e. The van der Waals surface area contributed by atoms with Gasteiger partial charge < -0.3 is 5.11 Å². The lowest BCUT2D eigenvalue weighted by molar-refractivity contribution is 0.246. The number of hydrogen-bond donors (Lipinski definition) is 2. The van der Waals surface area contributed by atoms with Gasteiger partial charge in [0.25, 0.3) is 0 Å². The average Bonchev–Trinajstić information content (AvgIpc) is 2.81. The van der Waals surface area contributed by atoms with E-state index >= 15 is 0 Å². The van der Waals surface area contributed by atoms with Gasteiger partial charge in [-0.3, -0.25) is 0 Å². The average molecular weight is 257 g/mol. The van der Waals surface area contributed by atoms with Crippen LogP contribution in [-0.4, -0.2) is 51.8 Å². The van der Waals surface area contributed by atoms with Gasteiger partial charge in [-0.15, -0.1) is 0 Å². The zero-order valence-corrected chi connectivity index (χ0v) is 10.1. The van der Waals surface area contributed by atoms with Gasteiger partial charge in [0.1, 0.15) is 9.84 Å². The highest BCUT2D eigenvalue weighted by Gasteiger charge is 2.45. The summed E-state index contributed by atoms with van der Waals surface area (Å²) in [7, 11) is -6.89. The van der Waals surface area contributed by atoms with Crippen molar-refractivity contribution in [3.05, 3.63) is 0 Å². The summed E-state index contributed by atoms with van der Waals surface area (Å²) in [5.41, 5.74) is -0.726. The van der Waals surface area contributed by atoms with Crippen LogP contribution in [0.2, 0.25) is 0 Å². The second-order valence-corrected chi connectivity index (χ2v) is 8.09. The molecule has 8 heteroatoms. The third-order valence-electron chi connectivity index (χ3n) is 2.25. The number of aliphatic hydroxyl groups excluding tert-OH is 1. The second kappa shape index (κ2) is 4.00. The summed E-state index contributed by atoms with van der Waals surface area (Å²) in [5.74, 6) is -0.850. The molecule has 1 aliphatic rings. The van der Waals surface area contributed by atoms with Crippen molar-refractivity contribution in [3.8, 4) is 0 Å². The van der Waals surface area contributed by atoms with Crippen molar-refractivity contribution < 1.29 is 21.9 Å². The summed E-state index contributed by atoms with van der Waals surface area (Å²) >= 11 is 0. The Morgan fingerprint density at radius 2 is 1.73 bits per heavy atom. The summed E-state index contributed by atoms with van der Waals surface area (Å²) in [4.78, 5) is 0. The zero-order valence-electron chi connectivity index (χ0n) is 8.43. The van der Waals surface area contributed by atoms with Crippen molar-refractivity contribution in [1.82, 2.24) is 4.72 Å². The lowest BCUT2D eigenvalue weighted by Gasteiger charge is -2.13. The van der Waals surface area contributed by atoms with Gasteiger partial charge in [0, 0.05) is 6.26 Å². The van der Waals surface area contributed by atoms with E-state index < -0.39 is 36.9 Å². The van der Waals surface area contributed by atoms with Crippen LogP contribution >= 0.6 is 0 Å². The van der Waals surface area contributed by atoms with Crippen LogP contribution in [0.5, 0.6) is 0 Å². The Hall–Kier alpha value is -0.180. The van der Waals surface area contributed by atoms with E-state index in [1.807, 2.05) is 0 Å². The Labute approximate surface area is 89.7 Å². The third-order valence-corrected chi connectivity index (χ3v) is 4.94. The number of nitrogens with one attached hydrogen (secondary N) is 1. The molecule has 6 nitrogen and oxygen atoms in total. The van der Waals surface area contributed by atoms with Crippen molar-refractivity contribution in [2.75, 3.05) is 24.4 Å². The Morgan fingerprint density at radius 3 is 2.07 bits per heavy atom. The fourth-order valence-electron chi connectivity index (χ4n) is 1.09. The Balaban J connectivity index is 2.54. The van der Waals surface area contributed by atoms with Gasteiger partial charge in [-0.05, 0) is 12.8 Å². The van der Waals surface area contributed by atoms with E-state index in [0.717, 1.165) is 6.26 Å². The minimum Gasteiger partial charge on any atom is -0.394 e. The van der Waals surface area contributed by atoms with Crippen molar-refractivity contribution in [2.45, 2.75) is 18.4 Å². The first-order chi connectivity index (χ1) is 6.68. The van der Waals surface area contributed by atoms with Crippen LogP contribution in [0.1, 0.15) is 12.8 Å². The van der Waals surface area contributed by atoms with Gasteiger partial charge in [0.15, 0.2) is 0 Å². The van der Waals surface area contributed by atoms with E-state index in [9.17, 15) is 16.8 Å². The van der Waals surface area contributed by atoms with Crippen LogP contribution in [0.3, 0.4) is 0 Å². The van der Waals surface area contributed by atoms with Crippen LogP contribution in [0.4, 0.5) is 0 Å². The van der Waals surface area contributed by atoms with Gasteiger partial charge in [-0.2, -0.15) is 0 Å². The molecule has 1 rings (SSSR count). The quantitative estimate of drug-likeness (QED) is 0.601. The highest BCUT2D eigenvalue weighted by Crippen LogP contribution is 2.35. The lowest BCUT2D eigenvalue weighted by atomic mass is 10.3. The molecule has 0 bridgehead atoms. The predicted molar refractivity (Wildman–Crippen MR) is 55.7 cm³/mol. The molecule has 1 saturated carbocycles. The first kappa shape index (κ1) is 12.9. The molecule has 1 fully saturated rings.